The number of rotatable bonds is 3. The van der Waals surface area contributed by atoms with Gasteiger partial charge in [-0.3, -0.25) is 4.90 Å². The number of nitrogens with two attached hydrogens (primary N) is 1. The van der Waals surface area contributed by atoms with Gasteiger partial charge in [-0.15, -0.1) is 12.4 Å². The average Bonchev–Trinajstić information content (AvgIpc) is 2.83. The van der Waals surface area contributed by atoms with Crippen LogP contribution >= 0.6 is 24.0 Å². The highest BCUT2D eigenvalue weighted by molar-refractivity contribution is 6.32. The number of halogens is 2. The molecule has 0 aromatic heterocycles. The summed E-state index contributed by atoms with van der Waals surface area (Å²) < 4.78 is 5.20. The summed E-state index contributed by atoms with van der Waals surface area (Å²) in [6, 6.07) is 6.47. The van der Waals surface area contributed by atoms with Crippen LogP contribution in [0.1, 0.15) is 24.8 Å². The molecular weight excluding hydrogens is 307 g/mol. The predicted molar refractivity (Wildman–Crippen MR) is 89.3 cm³/mol. The zero-order valence-corrected chi connectivity index (χ0v) is 14.0. The van der Waals surface area contributed by atoms with Crippen LogP contribution in [0.15, 0.2) is 18.2 Å². The predicted octanol–water partition coefficient (Wildman–Crippen LogP) is 3.33. The van der Waals surface area contributed by atoms with E-state index in [4.69, 9.17) is 22.1 Å². The van der Waals surface area contributed by atoms with Crippen LogP contribution in [0.5, 0.6) is 5.75 Å². The third-order valence-corrected chi connectivity index (χ3v) is 5.15. The molecular formula is C16H24Cl2N2O. The molecule has 0 spiro atoms. The Kier molecular flexibility index (Phi) is 5.78. The van der Waals surface area contributed by atoms with Gasteiger partial charge in [-0.05, 0) is 42.4 Å². The van der Waals surface area contributed by atoms with Crippen molar-refractivity contribution in [3.05, 3.63) is 28.8 Å². The lowest BCUT2D eigenvalue weighted by molar-refractivity contribution is 0.259. The lowest BCUT2D eigenvalue weighted by atomic mass is 9.78. The highest BCUT2D eigenvalue weighted by atomic mass is 35.5. The summed E-state index contributed by atoms with van der Waals surface area (Å²) in [7, 11) is 1.65. The van der Waals surface area contributed by atoms with Gasteiger partial charge >= 0.3 is 0 Å². The molecule has 1 aliphatic carbocycles. The summed E-state index contributed by atoms with van der Waals surface area (Å²) in [6.07, 6.45) is 3.84. The van der Waals surface area contributed by atoms with Crippen molar-refractivity contribution in [2.24, 2.45) is 17.6 Å². The zero-order chi connectivity index (χ0) is 14.1. The van der Waals surface area contributed by atoms with Gasteiger partial charge in [0.05, 0.1) is 12.1 Å². The SMILES string of the molecule is COc1ccc(CN2CC3CCCC(N)C3C2)cc1Cl.Cl. The Labute approximate surface area is 138 Å². The first kappa shape index (κ1) is 16.9. The van der Waals surface area contributed by atoms with Crippen LogP contribution in [0.2, 0.25) is 5.02 Å². The van der Waals surface area contributed by atoms with E-state index in [9.17, 15) is 0 Å². The van der Waals surface area contributed by atoms with Crippen LogP contribution in [0.4, 0.5) is 0 Å². The van der Waals surface area contributed by atoms with E-state index in [0.29, 0.717) is 17.0 Å². The molecule has 0 amide bonds. The van der Waals surface area contributed by atoms with Gasteiger partial charge in [0.15, 0.2) is 0 Å². The fourth-order valence-corrected chi connectivity index (χ4v) is 4.08. The van der Waals surface area contributed by atoms with Crippen molar-refractivity contribution in [1.29, 1.82) is 0 Å². The van der Waals surface area contributed by atoms with Crippen molar-refractivity contribution < 1.29 is 4.74 Å². The van der Waals surface area contributed by atoms with Crippen LogP contribution in [0.25, 0.3) is 0 Å². The summed E-state index contributed by atoms with van der Waals surface area (Å²) in [4.78, 5) is 2.53. The number of methoxy groups -OCH3 is 1. The summed E-state index contributed by atoms with van der Waals surface area (Å²) in [6.45, 7) is 3.28. The van der Waals surface area contributed by atoms with E-state index in [2.05, 4.69) is 11.0 Å². The van der Waals surface area contributed by atoms with Gasteiger partial charge in [-0.25, -0.2) is 0 Å². The number of fused-ring (bicyclic) bond motifs is 1. The van der Waals surface area contributed by atoms with Crippen molar-refractivity contribution in [2.75, 3.05) is 20.2 Å². The molecule has 3 unspecified atom stereocenters. The lowest BCUT2D eigenvalue weighted by Gasteiger charge is -2.29. The number of ether oxygens (including phenoxy) is 1. The van der Waals surface area contributed by atoms with E-state index in [1.165, 1.54) is 31.4 Å². The molecule has 3 nitrogen and oxygen atoms in total. The van der Waals surface area contributed by atoms with Gasteiger partial charge in [0.25, 0.3) is 0 Å². The molecule has 2 fully saturated rings. The summed E-state index contributed by atoms with van der Waals surface area (Å²) in [5, 5.41) is 0.693. The van der Waals surface area contributed by atoms with Crippen LogP contribution in [-0.2, 0) is 6.54 Å². The van der Waals surface area contributed by atoms with Gasteiger partial charge in [0.1, 0.15) is 5.75 Å². The van der Waals surface area contributed by atoms with E-state index in [0.717, 1.165) is 24.8 Å². The van der Waals surface area contributed by atoms with Crippen LogP contribution in [-0.4, -0.2) is 31.1 Å². The largest absolute Gasteiger partial charge is 0.495 e. The van der Waals surface area contributed by atoms with Gasteiger partial charge in [0.2, 0.25) is 0 Å². The van der Waals surface area contributed by atoms with Crippen molar-refractivity contribution in [3.63, 3.8) is 0 Å². The molecule has 1 heterocycles. The molecule has 5 heteroatoms. The van der Waals surface area contributed by atoms with Gasteiger partial charge < -0.3 is 10.5 Å². The summed E-state index contributed by atoms with van der Waals surface area (Å²) >= 11 is 6.20. The first-order chi connectivity index (χ1) is 9.67. The van der Waals surface area contributed by atoms with Crippen molar-refractivity contribution >= 4 is 24.0 Å². The normalized spacial score (nSPS) is 28.8. The van der Waals surface area contributed by atoms with Crippen LogP contribution in [0, 0.1) is 11.8 Å². The Balaban J connectivity index is 0.00000161. The molecule has 3 atom stereocenters. The van der Waals surface area contributed by atoms with E-state index < -0.39 is 0 Å². The van der Waals surface area contributed by atoms with E-state index >= 15 is 0 Å². The van der Waals surface area contributed by atoms with Crippen LogP contribution in [0.3, 0.4) is 0 Å². The molecule has 1 aliphatic heterocycles. The minimum atomic E-state index is 0. The Morgan fingerprint density at radius 1 is 1.33 bits per heavy atom. The van der Waals surface area contributed by atoms with Crippen molar-refractivity contribution in [3.8, 4) is 5.75 Å². The fourth-order valence-electron chi connectivity index (χ4n) is 3.80. The van der Waals surface area contributed by atoms with Crippen molar-refractivity contribution in [1.82, 2.24) is 4.90 Å². The molecule has 118 valence electrons. The van der Waals surface area contributed by atoms with E-state index in [1.54, 1.807) is 7.11 Å². The number of hydrogen-bond donors (Lipinski definition) is 1. The Morgan fingerprint density at radius 2 is 2.14 bits per heavy atom. The molecule has 21 heavy (non-hydrogen) atoms. The molecule has 1 saturated carbocycles. The minimum absolute atomic E-state index is 0. The fraction of sp³-hybridized carbons (Fsp3) is 0.625. The van der Waals surface area contributed by atoms with Crippen LogP contribution < -0.4 is 10.5 Å². The van der Waals surface area contributed by atoms with E-state index in [1.807, 2.05) is 12.1 Å². The highest BCUT2D eigenvalue weighted by Gasteiger charge is 2.38. The maximum Gasteiger partial charge on any atom is 0.137 e. The second-order valence-electron chi connectivity index (χ2n) is 6.18. The molecule has 2 aliphatic rings. The molecule has 0 bridgehead atoms. The first-order valence-corrected chi connectivity index (χ1v) is 7.85. The molecule has 1 saturated heterocycles. The first-order valence-electron chi connectivity index (χ1n) is 7.47. The van der Waals surface area contributed by atoms with Gasteiger partial charge in [-0.2, -0.15) is 0 Å². The number of nitrogens with zero attached hydrogens (tertiary/aromatic N) is 1. The lowest BCUT2D eigenvalue weighted by Crippen LogP contribution is -2.38. The smallest absolute Gasteiger partial charge is 0.137 e. The molecule has 2 N–H and O–H groups in total. The third-order valence-electron chi connectivity index (χ3n) is 4.85. The standard InChI is InChI=1S/C16H23ClN2O.ClH/c1-20-16-6-5-11(7-14(16)17)8-19-9-12-3-2-4-15(18)13(12)10-19;/h5-7,12-13,15H,2-4,8-10,18H2,1H3;1H. The monoisotopic (exact) mass is 330 g/mol. The Hall–Kier alpha value is -0.480. The topological polar surface area (TPSA) is 38.5 Å². The number of benzene rings is 1. The van der Waals surface area contributed by atoms with Crippen molar-refractivity contribution in [2.45, 2.75) is 31.8 Å². The maximum atomic E-state index is 6.27. The molecule has 3 rings (SSSR count). The molecule has 1 aromatic rings. The summed E-state index contributed by atoms with van der Waals surface area (Å²) in [5.41, 5.74) is 7.53. The quantitative estimate of drug-likeness (QED) is 0.923. The Bertz CT molecular complexity index is 483. The second-order valence-corrected chi connectivity index (χ2v) is 6.59. The highest BCUT2D eigenvalue weighted by Crippen LogP contribution is 2.36. The number of hydrogen-bond acceptors (Lipinski definition) is 3. The van der Waals surface area contributed by atoms with Gasteiger partial charge in [0, 0.05) is 25.7 Å². The average molecular weight is 331 g/mol. The van der Waals surface area contributed by atoms with Gasteiger partial charge in [-0.1, -0.05) is 24.1 Å². The van der Waals surface area contributed by atoms with E-state index in [-0.39, 0.29) is 12.4 Å². The second kappa shape index (κ2) is 7.19. The minimum Gasteiger partial charge on any atom is -0.495 e. The maximum absolute atomic E-state index is 6.27. The molecule has 1 aromatic carbocycles. The third kappa shape index (κ3) is 3.65. The Morgan fingerprint density at radius 3 is 2.81 bits per heavy atom. The summed E-state index contributed by atoms with van der Waals surface area (Å²) in [5.74, 6) is 2.23. The molecule has 0 radical (unpaired) electrons. The number of likely N-dealkylation sites (tertiary alicyclic amines) is 1. The zero-order valence-electron chi connectivity index (χ0n) is 12.4.